The van der Waals surface area contributed by atoms with E-state index in [1.807, 2.05) is 0 Å². The van der Waals surface area contributed by atoms with E-state index >= 15 is 0 Å². The molecule has 0 saturated carbocycles. The zero-order valence-corrected chi connectivity index (χ0v) is 15.3. The van der Waals surface area contributed by atoms with Gasteiger partial charge in [-0.1, -0.05) is 68.2 Å². The Morgan fingerprint density at radius 3 is 2.30 bits per heavy atom. The molecule has 1 heterocycles. The van der Waals surface area contributed by atoms with Crippen molar-refractivity contribution >= 4 is 19.0 Å². The highest BCUT2D eigenvalue weighted by Crippen LogP contribution is 2.21. The lowest BCUT2D eigenvalue weighted by atomic mass is 10.1. The van der Waals surface area contributed by atoms with Crippen molar-refractivity contribution in [3.05, 3.63) is 71.9 Å². The summed E-state index contributed by atoms with van der Waals surface area (Å²) < 4.78 is 0. The number of nitrogens with one attached hydrogen (secondary N) is 1. The molecule has 1 N–H and O–H groups in total. The summed E-state index contributed by atoms with van der Waals surface area (Å²) in [5.74, 6) is 0. The van der Waals surface area contributed by atoms with Crippen molar-refractivity contribution in [1.82, 2.24) is 9.88 Å². The van der Waals surface area contributed by atoms with Crippen molar-refractivity contribution in [3.63, 3.8) is 0 Å². The second-order valence-electron chi connectivity index (χ2n) is 7.55. The maximum Gasteiger partial charge on any atom is 0.0599 e. The van der Waals surface area contributed by atoms with Gasteiger partial charge in [0.15, 0.2) is 0 Å². The molecule has 0 fully saturated rings. The Balaban J connectivity index is 1.83. The molecule has 2 aromatic carbocycles. The SMILES string of the molecule is C[Si](C)(C)CN(Cc1ccccc1)Cc1c[nH]c2ccccc12. The highest BCUT2D eigenvalue weighted by Gasteiger charge is 2.19. The second-order valence-corrected chi connectivity index (χ2v) is 13.0. The van der Waals surface area contributed by atoms with Gasteiger partial charge in [0.05, 0.1) is 8.07 Å². The third-order valence-electron chi connectivity index (χ3n) is 4.02. The van der Waals surface area contributed by atoms with E-state index in [0.717, 1.165) is 13.1 Å². The van der Waals surface area contributed by atoms with Crippen molar-refractivity contribution < 1.29 is 0 Å². The number of rotatable bonds is 6. The summed E-state index contributed by atoms with van der Waals surface area (Å²) >= 11 is 0. The van der Waals surface area contributed by atoms with Crippen molar-refractivity contribution in [1.29, 1.82) is 0 Å². The molecule has 0 spiro atoms. The van der Waals surface area contributed by atoms with Crippen LogP contribution in [-0.4, -0.2) is 24.1 Å². The zero-order chi connectivity index (χ0) is 16.3. The van der Waals surface area contributed by atoms with Crippen LogP contribution in [0.2, 0.25) is 19.6 Å². The minimum atomic E-state index is -1.16. The molecule has 0 aliphatic rings. The predicted octanol–water partition coefficient (Wildman–Crippen LogP) is 5.05. The number of benzene rings is 2. The molecule has 0 bridgehead atoms. The number of aromatic amines is 1. The molecule has 1 aromatic heterocycles. The summed E-state index contributed by atoms with van der Waals surface area (Å²) in [6.07, 6.45) is 3.38. The minimum absolute atomic E-state index is 1.00. The first kappa shape index (κ1) is 16.0. The van der Waals surface area contributed by atoms with Crippen LogP contribution >= 0.6 is 0 Å². The maximum absolute atomic E-state index is 3.40. The average molecular weight is 323 g/mol. The van der Waals surface area contributed by atoms with Crippen LogP contribution in [0, 0.1) is 0 Å². The van der Waals surface area contributed by atoms with Gasteiger partial charge in [-0.2, -0.15) is 0 Å². The molecule has 3 rings (SSSR count). The molecule has 120 valence electrons. The smallest absolute Gasteiger partial charge is 0.0599 e. The summed E-state index contributed by atoms with van der Waals surface area (Å²) in [6, 6.07) is 19.4. The first-order chi connectivity index (χ1) is 11.0. The van der Waals surface area contributed by atoms with Gasteiger partial charge in [-0.05, 0) is 23.4 Å². The van der Waals surface area contributed by atoms with E-state index in [4.69, 9.17) is 0 Å². The van der Waals surface area contributed by atoms with E-state index in [0.29, 0.717) is 0 Å². The van der Waals surface area contributed by atoms with E-state index in [2.05, 4.69) is 90.3 Å². The average Bonchev–Trinajstić information content (AvgIpc) is 2.90. The molecular formula is C20H26N2Si. The third-order valence-corrected chi connectivity index (χ3v) is 5.41. The van der Waals surface area contributed by atoms with Crippen LogP contribution in [0.25, 0.3) is 10.9 Å². The first-order valence-corrected chi connectivity index (χ1v) is 12.0. The van der Waals surface area contributed by atoms with Gasteiger partial charge in [0, 0.05) is 30.2 Å². The summed E-state index contributed by atoms with van der Waals surface area (Å²) in [7, 11) is -1.16. The molecule has 0 unspecified atom stereocenters. The standard InChI is InChI=1S/C20H26N2Si/c1-23(2,3)16-22(14-17-9-5-4-6-10-17)15-18-13-21-20-12-8-7-11-19(18)20/h4-13,21H,14-16H2,1-3H3. The Kier molecular flexibility index (Phi) is 4.69. The number of hydrogen-bond donors (Lipinski definition) is 1. The largest absolute Gasteiger partial charge is 0.361 e. The number of hydrogen-bond acceptors (Lipinski definition) is 1. The number of fused-ring (bicyclic) bond motifs is 1. The summed E-state index contributed by atoms with van der Waals surface area (Å²) in [4.78, 5) is 6.01. The van der Waals surface area contributed by atoms with Crippen molar-refractivity contribution in [2.75, 3.05) is 6.17 Å². The molecule has 23 heavy (non-hydrogen) atoms. The van der Waals surface area contributed by atoms with E-state index in [1.165, 1.54) is 28.2 Å². The fraction of sp³-hybridized carbons (Fsp3) is 0.300. The van der Waals surface area contributed by atoms with E-state index in [1.54, 1.807) is 0 Å². The van der Waals surface area contributed by atoms with E-state index in [9.17, 15) is 0 Å². The number of para-hydroxylation sites is 1. The van der Waals surface area contributed by atoms with Crippen LogP contribution in [0.15, 0.2) is 60.8 Å². The number of nitrogens with zero attached hydrogens (tertiary/aromatic N) is 1. The van der Waals surface area contributed by atoms with Gasteiger partial charge in [0.25, 0.3) is 0 Å². The molecular weight excluding hydrogens is 296 g/mol. The van der Waals surface area contributed by atoms with Gasteiger partial charge in [-0.15, -0.1) is 0 Å². The molecule has 0 aliphatic carbocycles. The molecule has 0 saturated heterocycles. The highest BCUT2D eigenvalue weighted by atomic mass is 28.3. The summed E-state index contributed by atoms with van der Waals surface area (Å²) in [6.45, 7) is 9.36. The van der Waals surface area contributed by atoms with Gasteiger partial charge in [0.2, 0.25) is 0 Å². The molecule has 0 amide bonds. The highest BCUT2D eigenvalue weighted by molar-refractivity contribution is 6.76. The molecule has 0 radical (unpaired) electrons. The zero-order valence-electron chi connectivity index (χ0n) is 14.3. The molecule has 0 aliphatic heterocycles. The second kappa shape index (κ2) is 6.73. The first-order valence-electron chi connectivity index (χ1n) is 8.32. The van der Waals surface area contributed by atoms with Crippen LogP contribution in [0.5, 0.6) is 0 Å². The van der Waals surface area contributed by atoms with Gasteiger partial charge in [0.1, 0.15) is 0 Å². The maximum atomic E-state index is 3.40. The Labute approximate surface area is 140 Å². The minimum Gasteiger partial charge on any atom is -0.361 e. The Morgan fingerprint density at radius 2 is 1.57 bits per heavy atom. The summed E-state index contributed by atoms with van der Waals surface area (Å²) in [5.41, 5.74) is 4.02. The number of aromatic nitrogens is 1. The lowest BCUT2D eigenvalue weighted by Crippen LogP contribution is -2.39. The van der Waals surface area contributed by atoms with Crippen molar-refractivity contribution in [2.24, 2.45) is 0 Å². The molecule has 0 atom stereocenters. The topological polar surface area (TPSA) is 19.0 Å². The van der Waals surface area contributed by atoms with Crippen LogP contribution in [0.1, 0.15) is 11.1 Å². The summed E-state index contributed by atoms with van der Waals surface area (Å²) in [5, 5.41) is 1.35. The molecule has 3 heteroatoms. The van der Waals surface area contributed by atoms with E-state index in [-0.39, 0.29) is 0 Å². The van der Waals surface area contributed by atoms with Crippen molar-refractivity contribution in [3.8, 4) is 0 Å². The fourth-order valence-corrected chi connectivity index (χ4v) is 4.75. The molecule has 3 aromatic rings. The Morgan fingerprint density at radius 1 is 0.870 bits per heavy atom. The van der Waals surface area contributed by atoms with Gasteiger partial charge in [-0.3, -0.25) is 4.90 Å². The van der Waals surface area contributed by atoms with E-state index < -0.39 is 8.07 Å². The van der Waals surface area contributed by atoms with Crippen LogP contribution in [-0.2, 0) is 13.1 Å². The predicted molar refractivity (Wildman–Crippen MR) is 102 cm³/mol. The molecule has 2 nitrogen and oxygen atoms in total. The fourth-order valence-electron chi connectivity index (χ4n) is 3.18. The lowest BCUT2D eigenvalue weighted by Gasteiger charge is -2.29. The lowest BCUT2D eigenvalue weighted by molar-refractivity contribution is 0.297. The monoisotopic (exact) mass is 322 g/mol. The Hall–Kier alpha value is -1.84. The van der Waals surface area contributed by atoms with Crippen LogP contribution in [0.4, 0.5) is 0 Å². The third kappa shape index (κ3) is 4.33. The van der Waals surface area contributed by atoms with Gasteiger partial charge < -0.3 is 4.98 Å². The number of H-pyrrole nitrogens is 1. The normalized spacial score (nSPS) is 12.2. The van der Waals surface area contributed by atoms with Crippen LogP contribution in [0.3, 0.4) is 0 Å². The van der Waals surface area contributed by atoms with Gasteiger partial charge >= 0.3 is 0 Å². The quantitative estimate of drug-likeness (QED) is 0.629. The van der Waals surface area contributed by atoms with Crippen LogP contribution < -0.4 is 0 Å². The Bertz CT molecular complexity index is 756. The van der Waals surface area contributed by atoms with Crippen molar-refractivity contribution in [2.45, 2.75) is 32.7 Å². The van der Waals surface area contributed by atoms with Gasteiger partial charge in [-0.25, -0.2) is 0 Å².